The molecule has 1 saturated carbocycles. The molecule has 0 amide bonds. The van der Waals surface area contributed by atoms with Crippen LogP contribution in [-0.2, 0) is 6.54 Å². The van der Waals surface area contributed by atoms with Crippen molar-refractivity contribution in [3.8, 4) is 0 Å². The Bertz CT molecular complexity index is 502. The molecule has 20 heavy (non-hydrogen) atoms. The highest BCUT2D eigenvalue weighted by Gasteiger charge is 2.26. The maximum Gasteiger partial charge on any atom is 0.266 e. The third-order valence-corrected chi connectivity index (χ3v) is 4.44. The van der Waals surface area contributed by atoms with Crippen molar-refractivity contribution in [2.45, 2.75) is 38.1 Å². The normalized spacial score (nSPS) is 21.2. The fourth-order valence-electron chi connectivity index (χ4n) is 2.97. The van der Waals surface area contributed by atoms with Gasteiger partial charge in [-0.25, -0.2) is 4.68 Å². The first kappa shape index (κ1) is 13.8. The lowest BCUT2D eigenvalue weighted by Crippen LogP contribution is -2.38. The van der Waals surface area contributed by atoms with Crippen LogP contribution < -0.4 is 5.56 Å². The third kappa shape index (κ3) is 3.27. The van der Waals surface area contributed by atoms with Crippen LogP contribution in [0, 0.1) is 5.92 Å². The van der Waals surface area contributed by atoms with Crippen molar-refractivity contribution in [2.75, 3.05) is 26.2 Å². The van der Waals surface area contributed by atoms with Gasteiger partial charge in [0, 0.05) is 25.1 Å². The SMILES string of the molecule is O=c1ccc(C2CC2)nn1CC1CCN(CCO)CC1. The van der Waals surface area contributed by atoms with Crippen LogP contribution in [0.2, 0.25) is 0 Å². The predicted octanol–water partition coefficient (Wildman–Crippen LogP) is 0.825. The smallest absolute Gasteiger partial charge is 0.266 e. The van der Waals surface area contributed by atoms with E-state index in [1.807, 2.05) is 6.07 Å². The number of aromatic nitrogens is 2. The molecule has 1 aromatic heterocycles. The summed E-state index contributed by atoms with van der Waals surface area (Å²) in [5.41, 5.74) is 1.11. The molecule has 2 heterocycles. The van der Waals surface area contributed by atoms with E-state index in [0.29, 0.717) is 11.8 Å². The molecule has 1 aliphatic heterocycles. The quantitative estimate of drug-likeness (QED) is 0.866. The zero-order valence-corrected chi connectivity index (χ0v) is 11.9. The van der Waals surface area contributed by atoms with Crippen molar-refractivity contribution in [2.24, 2.45) is 5.92 Å². The first-order valence-electron chi connectivity index (χ1n) is 7.67. The average Bonchev–Trinajstić information content (AvgIpc) is 3.28. The number of rotatable bonds is 5. The van der Waals surface area contributed by atoms with Crippen molar-refractivity contribution >= 4 is 0 Å². The molecule has 1 saturated heterocycles. The Kier molecular flexibility index (Phi) is 4.17. The van der Waals surface area contributed by atoms with Gasteiger partial charge in [-0.3, -0.25) is 4.79 Å². The van der Waals surface area contributed by atoms with Gasteiger partial charge in [0.15, 0.2) is 0 Å². The van der Waals surface area contributed by atoms with E-state index in [4.69, 9.17) is 5.11 Å². The molecule has 2 fully saturated rings. The molecule has 110 valence electrons. The van der Waals surface area contributed by atoms with Crippen molar-refractivity contribution in [1.29, 1.82) is 0 Å². The highest BCUT2D eigenvalue weighted by Crippen LogP contribution is 2.38. The number of piperidine rings is 1. The average molecular weight is 277 g/mol. The molecule has 5 heteroatoms. The van der Waals surface area contributed by atoms with Gasteiger partial charge in [-0.05, 0) is 50.8 Å². The second-order valence-electron chi connectivity index (χ2n) is 6.06. The first-order chi connectivity index (χ1) is 9.76. The Morgan fingerprint density at radius 3 is 2.60 bits per heavy atom. The van der Waals surface area contributed by atoms with Crippen LogP contribution in [0.25, 0.3) is 0 Å². The van der Waals surface area contributed by atoms with Crippen LogP contribution in [0.15, 0.2) is 16.9 Å². The number of aliphatic hydroxyl groups excluding tert-OH is 1. The van der Waals surface area contributed by atoms with Gasteiger partial charge in [0.05, 0.1) is 12.3 Å². The number of nitrogens with zero attached hydrogens (tertiary/aromatic N) is 3. The van der Waals surface area contributed by atoms with Crippen LogP contribution in [0.5, 0.6) is 0 Å². The number of β-amino-alcohol motifs (C(OH)–C–C–N with tert-alkyl or cyclic N) is 1. The predicted molar refractivity (Wildman–Crippen MR) is 76.7 cm³/mol. The van der Waals surface area contributed by atoms with Crippen LogP contribution in [0.4, 0.5) is 0 Å². The van der Waals surface area contributed by atoms with Gasteiger partial charge in [-0.15, -0.1) is 0 Å². The van der Waals surface area contributed by atoms with Gasteiger partial charge in [0.1, 0.15) is 0 Å². The second-order valence-corrected chi connectivity index (χ2v) is 6.06. The molecule has 0 atom stereocenters. The minimum Gasteiger partial charge on any atom is -0.395 e. The van der Waals surface area contributed by atoms with Crippen molar-refractivity contribution in [3.63, 3.8) is 0 Å². The van der Waals surface area contributed by atoms with E-state index in [9.17, 15) is 4.79 Å². The molecule has 0 bridgehead atoms. The fraction of sp³-hybridized carbons (Fsp3) is 0.733. The Morgan fingerprint density at radius 1 is 1.20 bits per heavy atom. The molecular formula is C15H23N3O2. The Morgan fingerprint density at radius 2 is 1.95 bits per heavy atom. The summed E-state index contributed by atoms with van der Waals surface area (Å²) in [6, 6.07) is 3.56. The van der Waals surface area contributed by atoms with Crippen LogP contribution in [-0.4, -0.2) is 46.0 Å². The zero-order chi connectivity index (χ0) is 13.9. The fourth-order valence-corrected chi connectivity index (χ4v) is 2.97. The molecule has 0 radical (unpaired) electrons. The Balaban J connectivity index is 1.60. The lowest BCUT2D eigenvalue weighted by atomic mass is 9.97. The molecule has 0 aromatic carbocycles. The lowest BCUT2D eigenvalue weighted by molar-refractivity contribution is 0.139. The van der Waals surface area contributed by atoms with E-state index in [0.717, 1.165) is 44.7 Å². The van der Waals surface area contributed by atoms with E-state index in [1.165, 1.54) is 12.8 Å². The summed E-state index contributed by atoms with van der Waals surface area (Å²) >= 11 is 0. The van der Waals surface area contributed by atoms with Crippen molar-refractivity contribution in [1.82, 2.24) is 14.7 Å². The van der Waals surface area contributed by atoms with E-state index >= 15 is 0 Å². The second kappa shape index (κ2) is 6.06. The van der Waals surface area contributed by atoms with Crippen molar-refractivity contribution in [3.05, 3.63) is 28.2 Å². The number of aliphatic hydroxyl groups is 1. The van der Waals surface area contributed by atoms with Gasteiger partial charge < -0.3 is 10.0 Å². The van der Waals surface area contributed by atoms with Crippen LogP contribution >= 0.6 is 0 Å². The summed E-state index contributed by atoms with van der Waals surface area (Å²) in [6.45, 7) is 3.77. The monoisotopic (exact) mass is 277 g/mol. The standard InChI is InChI=1S/C15H23N3O2/c19-10-9-17-7-5-12(6-8-17)11-18-15(20)4-3-14(16-18)13-1-2-13/h3-4,12-13,19H,1-2,5-11H2. The minimum atomic E-state index is 0.0205. The maximum absolute atomic E-state index is 11.9. The molecular weight excluding hydrogens is 254 g/mol. The van der Waals surface area contributed by atoms with E-state index in [-0.39, 0.29) is 12.2 Å². The van der Waals surface area contributed by atoms with Gasteiger partial charge >= 0.3 is 0 Å². The van der Waals surface area contributed by atoms with Gasteiger partial charge in [-0.2, -0.15) is 5.10 Å². The molecule has 1 aromatic rings. The number of likely N-dealkylation sites (tertiary alicyclic amines) is 1. The molecule has 5 nitrogen and oxygen atoms in total. The minimum absolute atomic E-state index is 0.0205. The molecule has 1 N–H and O–H groups in total. The molecule has 0 spiro atoms. The van der Waals surface area contributed by atoms with E-state index < -0.39 is 0 Å². The lowest BCUT2D eigenvalue weighted by Gasteiger charge is -2.31. The van der Waals surface area contributed by atoms with Crippen molar-refractivity contribution < 1.29 is 5.11 Å². The van der Waals surface area contributed by atoms with Crippen LogP contribution in [0.1, 0.15) is 37.3 Å². The summed E-state index contributed by atoms with van der Waals surface area (Å²) in [6.07, 6.45) is 4.60. The highest BCUT2D eigenvalue weighted by atomic mass is 16.3. The van der Waals surface area contributed by atoms with E-state index in [2.05, 4.69) is 10.00 Å². The zero-order valence-electron chi connectivity index (χ0n) is 11.9. The number of hydrogen-bond donors (Lipinski definition) is 1. The van der Waals surface area contributed by atoms with Gasteiger partial charge in [0.25, 0.3) is 5.56 Å². The van der Waals surface area contributed by atoms with E-state index in [1.54, 1.807) is 10.7 Å². The summed E-state index contributed by atoms with van der Waals surface area (Å²) < 4.78 is 1.67. The Labute approximate surface area is 119 Å². The van der Waals surface area contributed by atoms with Gasteiger partial charge in [0.2, 0.25) is 0 Å². The molecule has 1 aliphatic carbocycles. The third-order valence-electron chi connectivity index (χ3n) is 4.44. The first-order valence-corrected chi connectivity index (χ1v) is 7.67. The van der Waals surface area contributed by atoms with Gasteiger partial charge in [-0.1, -0.05) is 0 Å². The highest BCUT2D eigenvalue weighted by molar-refractivity contribution is 5.12. The molecule has 0 unspecified atom stereocenters. The largest absolute Gasteiger partial charge is 0.395 e. The summed E-state index contributed by atoms with van der Waals surface area (Å²) in [4.78, 5) is 14.2. The molecule has 2 aliphatic rings. The number of hydrogen-bond acceptors (Lipinski definition) is 4. The maximum atomic E-state index is 11.9. The summed E-state index contributed by atoms with van der Waals surface area (Å²) in [5, 5.41) is 13.5. The van der Waals surface area contributed by atoms with Crippen LogP contribution in [0.3, 0.4) is 0 Å². The molecule has 3 rings (SSSR count). The summed E-state index contributed by atoms with van der Waals surface area (Å²) in [5.74, 6) is 1.12. The topological polar surface area (TPSA) is 58.4 Å². The Hall–Kier alpha value is -1.20. The summed E-state index contributed by atoms with van der Waals surface area (Å²) in [7, 11) is 0.